The molecule has 0 N–H and O–H groups in total. The Hall–Kier alpha value is -1.34. The highest BCUT2D eigenvalue weighted by Crippen LogP contribution is 2.18. The fourth-order valence-electron chi connectivity index (χ4n) is 1.05. The van der Waals surface area contributed by atoms with Crippen molar-refractivity contribution in [1.29, 1.82) is 5.26 Å². The normalized spacial score (nSPS) is 10.0. The summed E-state index contributed by atoms with van der Waals surface area (Å²) < 4.78 is 2.56. The van der Waals surface area contributed by atoms with Gasteiger partial charge in [0.15, 0.2) is 0 Å². The van der Waals surface area contributed by atoms with E-state index in [-0.39, 0.29) is 0 Å². The minimum absolute atomic E-state index is 0.595. The molecule has 0 unspecified atom stereocenters. The molecule has 0 radical (unpaired) electrons. The van der Waals surface area contributed by atoms with Gasteiger partial charge in [-0.05, 0) is 28.1 Å². The molecule has 0 amide bonds. The van der Waals surface area contributed by atoms with E-state index in [4.69, 9.17) is 5.26 Å². The standard InChI is InChI=1S/C8H4BrN3/c9-7-3-6(4-10)5-12-8(7)1-2-11-12/h1-3,5H. The Kier molecular flexibility index (Phi) is 1.59. The van der Waals surface area contributed by atoms with Crippen LogP contribution in [0.5, 0.6) is 0 Å². The molecule has 0 atom stereocenters. The van der Waals surface area contributed by atoms with Crippen LogP contribution in [0.15, 0.2) is 29.0 Å². The number of fused-ring (bicyclic) bond motifs is 1. The third-order valence-corrected chi connectivity index (χ3v) is 2.22. The van der Waals surface area contributed by atoms with Gasteiger partial charge in [-0.2, -0.15) is 10.4 Å². The number of nitrogens with zero attached hydrogens (tertiary/aromatic N) is 3. The summed E-state index contributed by atoms with van der Waals surface area (Å²) in [6.45, 7) is 0. The molecule has 0 bridgehead atoms. The lowest BCUT2D eigenvalue weighted by molar-refractivity contribution is 0.955. The molecule has 3 nitrogen and oxygen atoms in total. The number of hydrogen-bond donors (Lipinski definition) is 0. The van der Waals surface area contributed by atoms with Crippen molar-refractivity contribution < 1.29 is 0 Å². The van der Waals surface area contributed by atoms with Crippen molar-refractivity contribution >= 4 is 21.4 Å². The molecule has 0 saturated carbocycles. The van der Waals surface area contributed by atoms with Crippen LogP contribution in [0, 0.1) is 11.3 Å². The van der Waals surface area contributed by atoms with E-state index in [0.717, 1.165) is 9.99 Å². The molecular weight excluding hydrogens is 218 g/mol. The summed E-state index contributed by atoms with van der Waals surface area (Å²) in [5.41, 5.74) is 1.56. The van der Waals surface area contributed by atoms with Crippen molar-refractivity contribution in [3.63, 3.8) is 0 Å². The molecule has 0 aliphatic carbocycles. The van der Waals surface area contributed by atoms with Gasteiger partial charge in [-0.1, -0.05) is 0 Å². The Labute approximate surface area is 77.4 Å². The largest absolute Gasteiger partial charge is 0.239 e. The summed E-state index contributed by atoms with van der Waals surface area (Å²) in [6.07, 6.45) is 3.39. The van der Waals surface area contributed by atoms with Crippen molar-refractivity contribution in [2.45, 2.75) is 0 Å². The summed E-state index contributed by atoms with van der Waals surface area (Å²) in [6, 6.07) is 5.71. The Morgan fingerprint density at radius 3 is 3.17 bits per heavy atom. The van der Waals surface area contributed by atoms with Gasteiger partial charge in [0.1, 0.15) is 6.07 Å². The van der Waals surface area contributed by atoms with Crippen LogP contribution in [-0.2, 0) is 0 Å². The lowest BCUT2D eigenvalue weighted by Crippen LogP contribution is -1.88. The van der Waals surface area contributed by atoms with Gasteiger partial charge in [-0.3, -0.25) is 0 Å². The second-order valence-corrected chi connectivity index (χ2v) is 3.20. The number of aromatic nitrogens is 2. The molecule has 0 aliphatic rings. The first-order valence-electron chi connectivity index (χ1n) is 3.34. The summed E-state index contributed by atoms with van der Waals surface area (Å²) in [7, 11) is 0. The average Bonchev–Trinajstić information content (AvgIpc) is 2.52. The molecule has 2 rings (SSSR count). The fraction of sp³-hybridized carbons (Fsp3) is 0. The van der Waals surface area contributed by atoms with E-state index in [1.165, 1.54) is 0 Å². The molecule has 12 heavy (non-hydrogen) atoms. The van der Waals surface area contributed by atoms with E-state index < -0.39 is 0 Å². The zero-order valence-corrected chi connectivity index (χ0v) is 7.62. The molecule has 4 heteroatoms. The number of nitriles is 1. The van der Waals surface area contributed by atoms with Crippen molar-refractivity contribution in [2.24, 2.45) is 0 Å². The van der Waals surface area contributed by atoms with E-state index in [1.54, 1.807) is 23.0 Å². The second-order valence-electron chi connectivity index (χ2n) is 2.35. The van der Waals surface area contributed by atoms with Crippen LogP contribution in [0.1, 0.15) is 5.56 Å². The lowest BCUT2D eigenvalue weighted by atomic mass is 10.3. The van der Waals surface area contributed by atoms with Gasteiger partial charge >= 0.3 is 0 Å². The predicted molar refractivity (Wildman–Crippen MR) is 47.6 cm³/mol. The van der Waals surface area contributed by atoms with Gasteiger partial charge in [-0.25, -0.2) is 4.52 Å². The molecule has 0 aliphatic heterocycles. The van der Waals surface area contributed by atoms with Gasteiger partial charge < -0.3 is 0 Å². The fourth-order valence-corrected chi connectivity index (χ4v) is 1.61. The van der Waals surface area contributed by atoms with Crippen molar-refractivity contribution in [3.8, 4) is 6.07 Å². The van der Waals surface area contributed by atoms with Crippen LogP contribution in [0.25, 0.3) is 5.52 Å². The SMILES string of the molecule is N#Cc1cc(Br)c2ccnn2c1. The molecule has 0 fully saturated rings. The summed E-state index contributed by atoms with van der Waals surface area (Å²) in [5, 5.41) is 12.7. The number of halogens is 1. The Morgan fingerprint density at radius 1 is 1.58 bits per heavy atom. The zero-order chi connectivity index (χ0) is 8.55. The molecule has 0 spiro atoms. The third kappa shape index (κ3) is 0.990. The van der Waals surface area contributed by atoms with E-state index in [2.05, 4.69) is 27.1 Å². The van der Waals surface area contributed by atoms with Gasteiger partial charge in [0.2, 0.25) is 0 Å². The third-order valence-electron chi connectivity index (χ3n) is 1.59. The van der Waals surface area contributed by atoms with Gasteiger partial charge in [0, 0.05) is 10.7 Å². The lowest BCUT2D eigenvalue weighted by Gasteiger charge is -1.96. The van der Waals surface area contributed by atoms with E-state index in [0.29, 0.717) is 5.56 Å². The van der Waals surface area contributed by atoms with Crippen LogP contribution in [0.2, 0.25) is 0 Å². The highest BCUT2D eigenvalue weighted by molar-refractivity contribution is 9.10. The van der Waals surface area contributed by atoms with E-state index in [1.807, 2.05) is 6.07 Å². The van der Waals surface area contributed by atoms with E-state index in [9.17, 15) is 0 Å². The maximum absolute atomic E-state index is 8.65. The highest BCUT2D eigenvalue weighted by Gasteiger charge is 2.00. The van der Waals surface area contributed by atoms with Crippen molar-refractivity contribution in [3.05, 3.63) is 34.6 Å². The average molecular weight is 222 g/mol. The first-order chi connectivity index (χ1) is 5.81. The first-order valence-corrected chi connectivity index (χ1v) is 4.13. The van der Waals surface area contributed by atoms with Crippen LogP contribution >= 0.6 is 15.9 Å². The number of rotatable bonds is 0. The van der Waals surface area contributed by atoms with Crippen LogP contribution < -0.4 is 0 Å². The smallest absolute Gasteiger partial charge is 0.101 e. The minimum Gasteiger partial charge on any atom is -0.239 e. The minimum atomic E-state index is 0.595. The molecular formula is C8H4BrN3. The zero-order valence-electron chi connectivity index (χ0n) is 6.03. The summed E-state index contributed by atoms with van der Waals surface area (Å²) in [5.74, 6) is 0. The Morgan fingerprint density at radius 2 is 2.42 bits per heavy atom. The molecule has 2 heterocycles. The Balaban J connectivity index is 2.86. The maximum Gasteiger partial charge on any atom is 0.101 e. The molecule has 2 aromatic heterocycles. The van der Waals surface area contributed by atoms with Gasteiger partial charge in [-0.15, -0.1) is 0 Å². The number of hydrogen-bond acceptors (Lipinski definition) is 2. The quantitative estimate of drug-likeness (QED) is 0.683. The summed E-state index contributed by atoms with van der Waals surface area (Å²) in [4.78, 5) is 0. The van der Waals surface area contributed by atoms with Gasteiger partial charge in [0.05, 0.1) is 17.3 Å². The predicted octanol–water partition coefficient (Wildman–Crippen LogP) is 1.97. The first kappa shape index (κ1) is 7.32. The van der Waals surface area contributed by atoms with Crippen LogP contribution in [0.3, 0.4) is 0 Å². The highest BCUT2D eigenvalue weighted by atomic mass is 79.9. The summed E-state index contributed by atoms with van der Waals surface area (Å²) >= 11 is 3.36. The van der Waals surface area contributed by atoms with Crippen LogP contribution in [0.4, 0.5) is 0 Å². The van der Waals surface area contributed by atoms with Crippen molar-refractivity contribution in [2.75, 3.05) is 0 Å². The van der Waals surface area contributed by atoms with Crippen molar-refractivity contribution in [1.82, 2.24) is 9.61 Å². The van der Waals surface area contributed by atoms with Crippen LogP contribution in [-0.4, -0.2) is 9.61 Å². The molecule has 58 valence electrons. The topological polar surface area (TPSA) is 41.1 Å². The molecule has 0 aromatic carbocycles. The monoisotopic (exact) mass is 221 g/mol. The Bertz CT molecular complexity index is 467. The molecule has 0 saturated heterocycles. The number of pyridine rings is 1. The second kappa shape index (κ2) is 2.61. The van der Waals surface area contributed by atoms with Gasteiger partial charge in [0.25, 0.3) is 0 Å². The van der Waals surface area contributed by atoms with E-state index >= 15 is 0 Å². The molecule has 2 aromatic rings. The maximum atomic E-state index is 8.65.